The van der Waals surface area contributed by atoms with Crippen LogP contribution in [0.5, 0.6) is 5.75 Å². The van der Waals surface area contributed by atoms with E-state index in [0.717, 1.165) is 38.9 Å². The van der Waals surface area contributed by atoms with Gasteiger partial charge in [-0.25, -0.2) is 5.14 Å². The molecule has 3 aromatic rings. The van der Waals surface area contributed by atoms with E-state index in [-0.39, 0.29) is 0 Å². The Morgan fingerprint density at radius 1 is 1.12 bits per heavy atom. The lowest BCUT2D eigenvalue weighted by Crippen LogP contribution is -2.40. The average molecular weight is 369 g/mol. The van der Waals surface area contributed by atoms with Crippen molar-refractivity contribution >= 4 is 21.1 Å². The molecular weight excluding hydrogens is 350 g/mol. The first-order valence-electron chi connectivity index (χ1n) is 8.28. The van der Waals surface area contributed by atoms with E-state index >= 15 is 0 Å². The van der Waals surface area contributed by atoms with Crippen molar-refractivity contribution in [2.45, 2.75) is 13.0 Å². The molecule has 2 N–H and O–H groups in total. The Bertz CT molecular complexity index is 1100. The molecule has 1 aromatic heterocycles. The molecule has 134 valence electrons. The fourth-order valence-corrected chi connectivity index (χ4v) is 4.09. The molecule has 2 aromatic carbocycles. The molecule has 0 unspecified atom stereocenters. The summed E-state index contributed by atoms with van der Waals surface area (Å²) in [4.78, 5) is 4.42. The molecule has 0 amide bonds. The Labute approximate surface area is 152 Å². The Morgan fingerprint density at radius 2 is 1.96 bits per heavy atom. The first-order valence-corrected chi connectivity index (χ1v) is 9.79. The van der Waals surface area contributed by atoms with Gasteiger partial charge in [-0.1, -0.05) is 12.1 Å². The zero-order valence-corrected chi connectivity index (χ0v) is 15.2. The van der Waals surface area contributed by atoms with Crippen molar-refractivity contribution < 1.29 is 13.2 Å². The van der Waals surface area contributed by atoms with Crippen molar-refractivity contribution in [1.29, 1.82) is 0 Å². The number of methoxy groups -OCH3 is 1. The van der Waals surface area contributed by atoms with Crippen molar-refractivity contribution in [2.24, 2.45) is 5.14 Å². The minimum Gasteiger partial charge on any atom is -0.497 e. The predicted molar refractivity (Wildman–Crippen MR) is 101 cm³/mol. The quantitative estimate of drug-likeness (QED) is 0.768. The maximum absolute atomic E-state index is 11.7. The number of nitrogens with two attached hydrogens (primary N) is 1. The topological polar surface area (TPSA) is 85.5 Å². The summed E-state index contributed by atoms with van der Waals surface area (Å²) < 4.78 is 29.9. The van der Waals surface area contributed by atoms with E-state index in [0.29, 0.717) is 19.5 Å². The molecule has 0 fully saturated rings. The van der Waals surface area contributed by atoms with Crippen LogP contribution in [0.15, 0.2) is 48.7 Å². The van der Waals surface area contributed by atoms with Crippen LogP contribution in [0.4, 0.5) is 0 Å². The molecule has 1 aliphatic heterocycles. The molecular formula is C19H19N3O3S. The van der Waals surface area contributed by atoms with Crippen LogP contribution in [-0.2, 0) is 23.2 Å². The molecule has 0 atom stereocenters. The summed E-state index contributed by atoms with van der Waals surface area (Å²) in [6, 6.07) is 14.0. The number of hydrogen-bond acceptors (Lipinski definition) is 4. The summed E-state index contributed by atoms with van der Waals surface area (Å²) in [6.45, 7) is 0.724. The fourth-order valence-electron chi connectivity index (χ4n) is 3.42. The molecule has 7 heteroatoms. The van der Waals surface area contributed by atoms with Gasteiger partial charge in [0.05, 0.1) is 12.6 Å². The van der Waals surface area contributed by atoms with E-state index < -0.39 is 10.2 Å². The highest BCUT2D eigenvalue weighted by molar-refractivity contribution is 7.86. The summed E-state index contributed by atoms with van der Waals surface area (Å²) in [7, 11) is -2.05. The highest BCUT2D eigenvalue weighted by atomic mass is 32.2. The molecule has 0 radical (unpaired) electrons. The van der Waals surface area contributed by atoms with Crippen LogP contribution < -0.4 is 9.88 Å². The van der Waals surface area contributed by atoms with E-state index in [1.807, 2.05) is 30.3 Å². The monoisotopic (exact) mass is 369 g/mol. The van der Waals surface area contributed by atoms with Crippen LogP contribution in [0.1, 0.15) is 11.1 Å². The number of hydrogen-bond donors (Lipinski definition) is 1. The van der Waals surface area contributed by atoms with Crippen LogP contribution in [0.25, 0.3) is 22.0 Å². The van der Waals surface area contributed by atoms with Crippen LogP contribution in [0.3, 0.4) is 0 Å². The molecule has 1 aliphatic rings. The molecule has 2 heterocycles. The number of pyridine rings is 1. The van der Waals surface area contributed by atoms with E-state index in [9.17, 15) is 8.42 Å². The van der Waals surface area contributed by atoms with Crippen LogP contribution >= 0.6 is 0 Å². The second-order valence-electron chi connectivity index (χ2n) is 6.35. The Kier molecular flexibility index (Phi) is 4.14. The lowest BCUT2D eigenvalue weighted by atomic mass is 9.94. The summed E-state index contributed by atoms with van der Waals surface area (Å²) in [5.41, 5.74) is 5.08. The lowest BCUT2D eigenvalue weighted by molar-refractivity contribution is 0.392. The average Bonchev–Trinajstić information content (AvgIpc) is 2.65. The fraction of sp³-hybridized carbons (Fsp3) is 0.211. The second kappa shape index (κ2) is 6.35. The van der Waals surface area contributed by atoms with E-state index in [2.05, 4.69) is 17.1 Å². The number of rotatable bonds is 3. The zero-order valence-electron chi connectivity index (χ0n) is 14.3. The summed E-state index contributed by atoms with van der Waals surface area (Å²) >= 11 is 0. The predicted octanol–water partition coefficient (Wildman–Crippen LogP) is 2.47. The van der Waals surface area contributed by atoms with E-state index in [1.165, 1.54) is 4.31 Å². The molecule has 0 saturated heterocycles. The largest absolute Gasteiger partial charge is 0.497 e. The molecule has 0 saturated carbocycles. The van der Waals surface area contributed by atoms with Gasteiger partial charge in [0, 0.05) is 30.7 Å². The summed E-state index contributed by atoms with van der Waals surface area (Å²) in [5, 5.41) is 6.32. The molecule has 0 spiro atoms. The van der Waals surface area contributed by atoms with Gasteiger partial charge in [-0.2, -0.15) is 12.7 Å². The normalized spacial score (nSPS) is 15.0. The highest BCUT2D eigenvalue weighted by Gasteiger charge is 2.24. The first kappa shape index (κ1) is 17.0. The minimum atomic E-state index is -3.68. The Balaban J connectivity index is 1.79. The highest BCUT2D eigenvalue weighted by Crippen LogP contribution is 2.32. The van der Waals surface area contributed by atoms with Gasteiger partial charge in [0.15, 0.2) is 0 Å². The minimum absolute atomic E-state index is 0.304. The second-order valence-corrected chi connectivity index (χ2v) is 7.90. The van der Waals surface area contributed by atoms with Gasteiger partial charge < -0.3 is 4.74 Å². The number of ether oxygens (including phenoxy) is 1. The molecule has 6 nitrogen and oxygen atoms in total. The number of aromatic nitrogens is 1. The summed E-state index contributed by atoms with van der Waals surface area (Å²) in [6.07, 6.45) is 2.44. The molecule has 26 heavy (non-hydrogen) atoms. The third-order valence-electron chi connectivity index (χ3n) is 4.80. The Morgan fingerprint density at radius 3 is 2.73 bits per heavy atom. The van der Waals surface area contributed by atoms with Gasteiger partial charge in [0.25, 0.3) is 10.2 Å². The third-order valence-corrected chi connectivity index (χ3v) is 5.84. The zero-order chi connectivity index (χ0) is 18.3. The molecule has 0 bridgehead atoms. The van der Waals surface area contributed by atoms with Gasteiger partial charge in [-0.15, -0.1) is 0 Å². The van der Waals surface area contributed by atoms with Crippen LogP contribution in [-0.4, -0.2) is 31.4 Å². The summed E-state index contributed by atoms with van der Waals surface area (Å²) in [5.74, 6) is 0.761. The maximum Gasteiger partial charge on any atom is 0.277 e. The number of fused-ring (bicyclic) bond motifs is 2. The van der Waals surface area contributed by atoms with Crippen molar-refractivity contribution in [3.05, 3.63) is 59.8 Å². The molecule has 0 aliphatic carbocycles. The van der Waals surface area contributed by atoms with Crippen molar-refractivity contribution in [3.8, 4) is 16.9 Å². The standard InChI is InChI=1S/C19H19N3O3S/c1-25-16-4-5-18-17(6-8-21-19(18)11-16)14-3-2-13-7-9-22(26(20,23)24)12-15(13)10-14/h2-6,8,10-11H,7,9,12H2,1H3,(H2,20,23,24). The van der Waals surface area contributed by atoms with Crippen LogP contribution in [0.2, 0.25) is 0 Å². The van der Waals surface area contributed by atoms with Gasteiger partial charge >= 0.3 is 0 Å². The smallest absolute Gasteiger partial charge is 0.277 e. The van der Waals surface area contributed by atoms with Gasteiger partial charge in [0.1, 0.15) is 5.75 Å². The Hall–Kier alpha value is -2.48. The van der Waals surface area contributed by atoms with E-state index in [1.54, 1.807) is 13.3 Å². The van der Waals surface area contributed by atoms with E-state index in [4.69, 9.17) is 9.88 Å². The van der Waals surface area contributed by atoms with Crippen LogP contribution in [0, 0.1) is 0 Å². The number of nitrogens with zero attached hydrogens (tertiary/aromatic N) is 2. The van der Waals surface area contributed by atoms with Crippen molar-refractivity contribution in [1.82, 2.24) is 9.29 Å². The van der Waals surface area contributed by atoms with Gasteiger partial charge in [0.2, 0.25) is 0 Å². The van der Waals surface area contributed by atoms with Crippen molar-refractivity contribution in [3.63, 3.8) is 0 Å². The first-order chi connectivity index (χ1) is 12.5. The van der Waals surface area contributed by atoms with Gasteiger partial charge in [-0.05, 0) is 52.9 Å². The third kappa shape index (κ3) is 3.05. The van der Waals surface area contributed by atoms with Crippen molar-refractivity contribution in [2.75, 3.05) is 13.7 Å². The lowest BCUT2D eigenvalue weighted by Gasteiger charge is -2.26. The number of benzene rings is 2. The molecule has 4 rings (SSSR count). The van der Waals surface area contributed by atoms with Gasteiger partial charge in [-0.3, -0.25) is 4.98 Å². The SMILES string of the molecule is COc1ccc2c(-c3ccc4c(c3)CN(S(N)(=O)=O)CC4)ccnc2c1. The maximum atomic E-state index is 11.7.